The van der Waals surface area contributed by atoms with Crippen LogP contribution in [0.3, 0.4) is 0 Å². The Morgan fingerprint density at radius 3 is 2.81 bits per heavy atom. The van der Waals surface area contributed by atoms with Crippen molar-refractivity contribution in [3.8, 4) is 5.75 Å². The van der Waals surface area contributed by atoms with Crippen LogP contribution in [0.15, 0.2) is 68.9 Å². The zero-order chi connectivity index (χ0) is 18.2. The van der Waals surface area contributed by atoms with Crippen LogP contribution in [0.4, 0.5) is 0 Å². The summed E-state index contributed by atoms with van der Waals surface area (Å²) in [6.07, 6.45) is 4.83. The van der Waals surface area contributed by atoms with Crippen molar-refractivity contribution >= 4 is 10.0 Å². The van der Waals surface area contributed by atoms with Crippen LogP contribution in [0.25, 0.3) is 0 Å². The topological polar surface area (TPSA) is 102 Å². The van der Waals surface area contributed by atoms with Gasteiger partial charge in [-0.3, -0.25) is 0 Å². The second kappa shape index (κ2) is 6.31. The lowest BCUT2D eigenvalue weighted by atomic mass is 9.94. The molecular weight excluding hydrogens is 358 g/mol. The lowest BCUT2D eigenvalue weighted by Gasteiger charge is -2.25. The van der Waals surface area contributed by atoms with Crippen LogP contribution < -0.4 is 9.46 Å². The first kappa shape index (κ1) is 16.9. The van der Waals surface area contributed by atoms with E-state index in [0.29, 0.717) is 24.3 Å². The Morgan fingerprint density at radius 1 is 1.19 bits per heavy atom. The molecule has 0 spiro atoms. The number of rotatable bonds is 6. The van der Waals surface area contributed by atoms with Gasteiger partial charge in [0.1, 0.15) is 11.5 Å². The molecule has 8 heteroatoms. The summed E-state index contributed by atoms with van der Waals surface area (Å²) in [5.74, 6) is 0.915. The summed E-state index contributed by atoms with van der Waals surface area (Å²) < 4.78 is 43.6. The normalized spacial score (nSPS) is 16.0. The van der Waals surface area contributed by atoms with Gasteiger partial charge in [0.15, 0.2) is 5.60 Å². The predicted octanol–water partition coefficient (Wildman–Crippen LogP) is 2.02. The maximum Gasteiger partial charge on any atom is 0.240 e. The van der Waals surface area contributed by atoms with E-state index in [-0.39, 0.29) is 17.2 Å². The van der Waals surface area contributed by atoms with Gasteiger partial charge in [0.25, 0.3) is 0 Å². The maximum atomic E-state index is 12.7. The molecule has 0 amide bonds. The Balaban J connectivity index is 1.61. The number of furan rings is 2. The highest BCUT2D eigenvalue weighted by molar-refractivity contribution is 7.89. The van der Waals surface area contributed by atoms with Crippen LogP contribution in [0.5, 0.6) is 5.75 Å². The van der Waals surface area contributed by atoms with E-state index in [1.807, 2.05) is 0 Å². The van der Waals surface area contributed by atoms with Gasteiger partial charge >= 0.3 is 0 Å². The van der Waals surface area contributed by atoms with Gasteiger partial charge in [-0.15, -0.1) is 0 Å². The first-order valence-corrected chi connectivity index (χ1v) is 9.52. The number of hydrogen-bond acceptors (Lipinski definition) is 6. The Kier molecular flexibility index (Phi) is 4.10. The molecule has 0 saturated heterocycles. The molecule has 7 nitrogen and oxygen atoms in total. The van der Waals surface area contributed by atoms with Crippen molar-refractivity contribution in [2.75, 3.05) is 13.2 Å². The zero-order valence-electron chi connectivity index (χ0n) is 13.7. The first-order chi connectivity index (χ1) is 12.5. The third-order valence-corrected chi connectivity index (χ3v) is 5.82. The first-order valence-electron chi connectivity index (χ1n) is 8.03. The van der Waals surface area contributed by atoms with Crippen molar-refractivity contribution in [3.63, 3.8) is 0 Å². The SMILES string of the molecule is O=S(=O)(NC[C@](O)(c1ccoc1)c1ccco1)c1ccc2c(c1)CCO2. The third kappa shape index (κ3) is 2.92. The molecule has 26 heavy (non-hydrogen) atoms. The smallest absolute Gasteiger partial charge is 0.240 e. The minimum Gasteiger partial charge on any atom is -0.493 e. The predicted molar refractivity (Wildman–Crippen MR) is 91.2 cm³/mol. The van der Waals surface area contributed by atoms with E-state index in [4.69, 9.17) is 13.6 Å². The van der Waals surface area contributed by atoms with E-state index in [1.54, 1.807) is 30.3 Å². The molecular formula is C18H17NO6S. The summed E-state index contributed by atoms with van der Waals surface area (Å²) >= 11 is 0. The molecule has 2 aromatic heterocycles. The summed E-state index contributed by atoms with van der Waals surface area (Å²) in [5, 5.41) is 11.1. The van der Waals surface area contributed by atoms with Crippen molar-refractivity contribution in [2.24, 2.45) is 0 Å². The van der Waals surface area contributed by atoms with Gasteiger partial charge in [-0.2, -0.15) is 0 Å². The van der Waals surface area contributed by atoms with Crippen molar-refractivity contribution in [1.82, 2.24) is 4.72 Å². The molecule has 2 N–H and O–H groups in total. The number of fused-ring (bicyclic) bond motifs is 1. The van der Waals surface area contributed by atoms with Gasteiger partial charge in [-0.1, -0.05) is 0 Å². The molecule has 0 unspecified atom stereocenters. The van der Waals surface area contributed by atoms with E-state index in [9.17, 15) is 13.5 Å². The van der Waals surface area contributed by atoms with Gasteiger partial charge in [-0.25, -0.2) is 13.1 Å². The molecule has 0 aliphatic carbocycles. The van der Waals surface area contributed by atoms with E-state index < -0.39 is 15.6 Å². The fourth-order valence-corrected chi connectivity index (χ4v) is 4.07. The highest BCUT2D eigenvalue weighted by Crippen LogP contribution is 2.31. The number of sulfonamides is 1. The summed E-state index contributed by atoms with van der Waals surface area (Å²) in [6, 6.07) is 9.48. The third-order valence-electron chi connectivity index (χ3n) is 4.42. The monoisotopic (exact) mass is 375 g/mol. The van der Waals surface area contributed by atoms with Crippen molar-refractivity contribution in [1.29, 1.82) is 0 Å². The molecule has 0 bridgehead atoms. The average molecular weight is 375 g/mol. The number of nitrogens with one attached hydrogen (secondary N) is 1. The molecule has 0 saturated carbocycles. The lowest BCUT2D eigenvalue weighted by molar-refractivity contribution is 0.0613. The number of hydrogen-bond donors (Lipinski definition) is 2. The molecule has 0 radical (unpaired) electrons. The Bertz CT molecular complexity index is 958. The average Bonchev–Trinajstić information content (AvgIpc) is 3.41. The molecule has 0 fully saturated rings. The number of ether oxygens (including phenoxy) is 1. The van der Waals surface area contributed by atoms with Crippen LogP contribution in [0, 0.1) is 0 Å². The maximum absolute atomic E-state index is 12.7. The van der Waals surface area contributed by atoms with Crippen molar-refractivity contribution < 1.29 is 27.1 Å². The molecule has 3 heterocycles. The van der Waals surface area contributed by atoms with Gasteiger partial charge in [0.2, 0.25) is 10.0 Å². The van der Waals surface area contributed by atoms with Crippen LogP contribution in [-0.4, -0.2) is 26.7 Å². The molecule has 1 aliphatic heterocycles. The zero-order valence-corrected chi connectivity index (χ0v) is 14.5. The molecule has 136 valence electrons. The van der Waals surface area contributed by atoms with Crippen molar-refractivity contribution in [3.05, 3.63) is 72.1 Å². The fraction of sp³-hybridized carbons (Fsp3) is 0.222. The molecule has 1 atom stereocenters. The number of aliphatic hydroxyl groups is 1. The number of benzene rings is 1. The molecule has 3 aromatic rings. The fourth-order valence-electron chi connectivity index (χ4n) is 2.96. The Labute approximate surface area is 150 Å². The molecule has 1 aliphatic rings. The molecule has 1 aromatic carbocycles. The summed E-state index contributed by atoms with van der Waals surface area (Å²) in [4.78, 5) is 0.121. The van der Waals surface area contributed by atoms with Crippen LogP contribution in [-0.2, 0) is 22.0 Å². The van der Waals surface area contributed by atoms with Gasteiger partial charge in [-0.05, 0) is 42.0 Å². The summed E-state index contributed by atoms with van der Waals surface area (Å²) in [5.41, 5.74) is -0.454. The van der Waals surface area contributed by atoms with E-state index >= 15 is 0 Å². The van der Waals surface area contributed by atoms with Crippen molar-refractivity contribution in [2.45, 2.75) is 16.9 Å². The van der Waals surface area contributed by atoms with Crippen LogP contribution in [0.2, 0.25) is 0 Å². The minimum atomic E-state index is -3.84. The Hall–Kier alpha value is -2.55. The summed E-state index contributed by atoms with van der Waals surface area (Å²) in [7, 11) is -3.84. The standard InChI is InChI=1S/C18H17NO6S/c20-18(14-6-8-23-11-14,17-2-1-7-25-17)12-19-26(21,22)15-3-4-16-13(10-15)5-9-24-16/h1-4,6-8,10-11,19-20H,5,9,12H2/t18-/m0/s1. The van der Waals surface area contributed by atoms with Gasteiger partial charge < -0.3 is 18.7 Å². The van der Waals surface area contributed by atoms with Gasteiger partial charge in [0, 0.05) is 12.0 Å². The highest BCUT2D eigenvalue weighted by atomic mass is 32.2. The van der Waals surface area contributed by atoms with E-state index in [2.05, 4.69) is 4.72 Å². The summed E-state index contributed by atoms with van der Waals surface area (Å²) in [6.45, 7) is 0.237. The Morgan fingerprint density at radius 2 is 2.08 bits per heavy atom. The van der Waals surface area contributed by atoms with Gasteiger partial charge in [0.05, 0.1) is 36.8 Å². The second-order valence-corrected chi connectivity index (χ2v) is 7.81. The quantitative estimate of drug-likeness (QED) is 0.683. The highest BCUT2D eigenvalue weighted by Gasteiger charge is 2.37. The second-order valence-electron chi connectivity index (χ2n) is 6.04. The largest absolute Gasteiger partial charge is 0.493 e. The minimum absolute atomic E-state index is 0.121. The molecule has 4 rings (SSSR count). The van der Waals surface area contributed by atoms with Crippen LogP contribution in [0.1, 0.15) is 16.9 Å². The van der Waals surface area contributed by atoms with E-state index in [0.717, 1.165) is 5.56 Å². The van der Waals surface area contributed by atoms with E-state index in [1.165, 1.54) is 24.9 Å². The van der Waals surface area contributed by atoms with Crippen LogP contribution >= 0.6 is 0 Å². The lowest BCUT2D eigenvalue weighted by Crippen LogP contribution is -2.41.